The highest BCUT2D eigenvalue weighted by molar-refractivity contribution is 6.31. The number of fused-ring (bicyclic) bond motifs is 1. The number of benzene rings is 2. The predicted octanol–water partition coefficient (Wildman–Crippen LogP) is 3.77. The number of nitro groups is 1. The number of rotatable bonds is 5. The lowest BCUT2D eigenvalue weighted by Gasteiger charge is -2.05. The first-order valence-corrected chi connectivity index (χ1v) is 7.55. The number of nitrogens with zero attached hydrogens (tertiary/aromatic N) is 1. The van der Waals surface area contributed by atoms with Crippen LogP contribution in [0.3, 0.4) is 0 Å². The zero-order valence-electron chi connectivity index (χ0n) is 12.7. The Morgan fingerprint density at radius 2 is 1.92 bits per heavy atom. The molecule has 0 amide bonds. The van der Waals surface area contributed by atoms with E-state index in [9.17, 15) is 19.7 Å². The number of hydrogen-bond donors (Lipinski definition) is 1. The molecule has 0 radical (unpaired) electrons. The largest absolute Gasteiger partial charge is 0.454 e. The number of esters is 1. The van der Waals surface area contributed by atoms with Crippen LogP contribution in [0, 0.1) is 10.1 Å². The maximum absolute atomic E-state index is 12.3. The third-order valence-electron chi connectivity index (χ3n) is 3.60. The van der Waals surface area contributed by atoms with Crippen LogP contribution in [0.25, 0.3) is 10.9 Å². The molecule has 0 atom stereocenters. The number of hydrogen-bond acceptors (Lipinski definition) is 5. The highest BCUT2D eigenvalue weighted by Crippen LogP contribution is 2.24. The van der Waals surface area contributed by atoms with Gasteiger partial charge in [-0.2, -0.15) is 0 Å². The molecule has 0 aliphatic heterocycles. The highest BCUT2D eigenvalue weighted by Gasteiger charge is 2.23. The van der Waals surface area contributed by atoms with Gasteiger partial charge in [-0.25, -0.2) is 4.79 Å². The van der Waals surface area contributed by atoms with Crippen LogP contribution < -0.4 is 0 Å². The van der Waals surface area contributed by atoms with Gasteiger partial charge in [0.25, 0.3) is 5.69 Å². The highest BCUT2D eigenvalue weighted by atomic mass is 35.5. The number of carbonyl (C=O) groups is 2. The lowest BCUT2D eigenvalue weighted by molar-refractivity contribution is -0.385. The number of carbonyl (C=O) groups excluding carboxylic acids is 2. The van der Waals surface area contributed by atoms with E-state index in [1.807, 2.05) is 12.1 Å². The van der Waals surface area contributed by atoms with Gasteiger partial charge in [-0.3, -0.25) is 14.9 Å². The van der Waals surface area contributed by atoms with Gasteiger partial charge in [-0.15, -0.1) is 0 Å². The summed E-state index contributed by atoms with van der Waals surface area (Å²) in [4.78, 5) is 37.6. The number of ether oxygens (including phenoxy) is 1. The standard InChI is InChI=1S/C17H11ClN2O5/c18-10-5-6-15(20(23)24)12(7-10)17(22)25-9-16(21)13-8-19-14-4-2-1-3-11(13)14/h1-8,19H,9H2. The number of para-hydroxylation sites is 1. The summed E-state index contributed by atoms with van der Waals surface area (Å²) in [6, 6.07) is 10.7. The van der Waals surface area contributed by atoms with Crippen LogP contribution in [0.2, 0.25) is 5.02 Å². The SMILES string of the molecule is O=C(OCC(=O)c1c[nH]c2ccccc12)c1cc(Cl)ccc1[N+](=O)[O-]. The fourth-order valence-electron chi connectivity index (χ4n) is 2.42. The van der Waals surface area contributed by atoms with Gasteiger partial charge < -0.3 is 9.72 Å². The Bertz CT molecular complexity index is 996. The number of halogens is 1. The van der Waals surface area contributed by atoms with Crippen molar-refractivity contribution in [1.82, 2.24) is 4.98 Å². The second-order valence-corrected chi connectivity index (χ2v) is 5.60. The molecule has 2 aromatic carbocycles. The Kier molecular flexibility index (Phi) is 4.49. The first-order chi connectivity index (χ1) is 12.0. The maximum Gasteiger partial charge on any atom is 0.345 e. The smallest absolute Gasteiger partial charge is 0.345 e. The van der Waals surface area contributed by atoms with Crippen LogP contribution in [-0.4, -0.2) is 28.3 Å². The quantitative estimate of drug-likeness (QED) is 0.323. The zero-order valence-corrected chi connectivity index (χ0v) is 13.4. The summed E-state index contributed by atoms with van der Waals surface area (Å²) >= 11 is 5.77. The maximum atomic E-state index is 12.3. The van der Waals surface area contributed by atoms with Crippen LogP contribution in [0.4, 0.5) is 5.69 Å². The normalized spacial score (nSPS) is 10.6. The summed E-state index contributed by atoms with van der Waals surface area (Å²) in [6.45, 7) is -0.537. The van der Waals surface area contributed by atoms with Crippen molar-refractivity contribution in [1.29, 1.82) is 0 Å². The monoisotopic (exact) mass is 358 g/mol. The minimum absolute atomic E-state index is 0.153. The fourth-order valence-corrected chi connectivity index (χ4v) is 2.59. The van der Waals surface area contributed by atoms with Gasteiger partial charge in [0.05, 0.1) is 4.92 Å². The third-order valence-corrected chi connectivity index (χ3v) is 3.83. The Morgan fingerprint density at radius 3 is 2.68 bits per heavy atom. The topological polar surface area (TPSA) is 102 Å². The number of aromatic nitrogens is 1. The Morgan fingerprint density at radius 1 is 1.16 bits per heavy atom. The molecule has 0 saturated carbocycles. The molecule has 3 aromatic rings. The average Bonchev–Trinajstić information content (AvgIpc) is 3.03. The summed E-state index contributed by atoms with van der Waals surface area (Å²) in [7, 11) is 0. The molecule has 126 valence electrons. The number of aromatic amines is 1. The molecule has 0 aliphatic rings. The average molecular weight is 359 g/mol. The van der Waals surface area contributed by atoms with Crippen LogP contribution >= 0.6 is 11.6 Å². The molecule has 7 nitrogen and oxygen atoms in total. The van der Waals surface area contributed by atoms with E-state index < -0.39 is 29.0 Å². The van der Waals surface area contributed by atoms with Crippen molar-refractivity contribution in [2.24, 2.45) is 0 Å². The van der Waals surface area contributed by atoms with E-state index in [0.717, 1.165) is 17.6 Å². The number of H-pyrrole nitrogens is 1. The fraction of sp³-hybridized carbons (Fsp3) is 0.0588. The summed E-state index contributed by atoms with van der Waals surface area (Å²) in [5.41, 5.74) is 0.421. The minimum Gasteiger partial charge on any atom is -0.454 e. The van der Waals surface area contributed by atoms with Crippen molar-refractivity contribution >= 4 is 39.9 Å². The van der Waals surface area contributed by atoms with Crippen molar-refractivity contribution in [3.8, 4) is 0 Å². The van der Waals surface area contributed by atoms with E-state index in [-0.39, 0.29) is 10.6 Å². The van der Waals surface area contributed by atoms with E-state index >= 15 is 0 Å². The summed E-state index contributed by atoms with van der Waals surface area (Å²) in [6.07, 6.45) is 1.53. The van der Waals surface area contributed by atoms with Crippen LogP contribution in [-0.2, 0) is 4.74 Å². The lowest BCUT2D eigenvalue weighted by atomic mass is 10.1. The molecule has 1 N–H and O–H groups in total. The third kappa shape index (κ3) is 3.36. The van der Waals surface area contributed by atoms with Gasteiger partial charge in [-0.1, -0.05) is 29.8 Å². The predicted molar refractivity (Wildman–Crippen MR) is 91.0 cm³/mol. The van der Waals surface area contributed by atoms with Crippen molar-refractivity contribution in [3.63, 3.8) is 0 Å². The van der Waals surface area contributed by atoms with E-state index in [1.165, 1.54) is 12.3 Å². The van der Waals surface area contributed by atoms with Crippen LogP contribution in [0.5, 0.6) is 0 Å². The molecule has 25 heavy (non-hydrogen) atoms. The van der Waals surface area contributed by atoms with Crippen molar-refractivity contribution in [2.75, 3.05) is 6.61 Å². The summed E-state index contributed by atoms with van der Waals surface area (Å²) in [5, 5.41) is 11.9. The summed E-state index contributed by atoms with van der Waals surface area (Å²) < 4.78 is 4.94. The van der Waals surface area contributed by atoms with E-state index in [4.69, 9.17) is 16.3 Å². The van der Waals surface area contributed by atoms with Gasteiger partial charge in [0.2, 0.25) is 5.78 Å². The van der Waals surface area contributed by atoms with Gasteiger partial charge >= 0.3 is 5.97 Å². The van der Waals surface area contributed by atoms with Gasteiger partial charge in [0.15, 0.2) is 6.61 Å². The minimum atomic E-state index is -0.984. The van der Waals surface area contributed by atoms with E-state index in [1.54, 1.807) is 12.1 Å². The number of Topliss-reactive ketones (excluding diaryl/α,β-unsaturated/α-hetero) is 1. The second-order valence-electron chi connectivity index (χ2n) is 5.17. The molecule has 3 rings (SSSR count). The number of ketones is 1. The second kappa shape index (κ2) is 6.74. The molecule has 8 heteroatoms. The molecular formula is C17H11ClN2O5. The molecule has 0 fully saturated rings. The number of nitro benzene ring substituents is 1. The van der Waals surface area contributed by atoms with Gasteiger partial charge in [0, 0.05) is 33.8 Å². The molecule has 0 saturated heterocycles. The van der Waals surface area contributed by atoms with Crippen molar-refractivity contribution < 1.29 is 19.2 Å². The Hall–Kier alpha value is -3.19. The molecule has 0 unspecified atom stereocenters. The van der Waals surface area contributed by atoms with E-state index in [0.29, 0.717) is 10.9 Å². The summed E-state index contributed by atoms with van der Waals surface area (Å²) in [5.74, 6) is -1.40. The van der Waals surface area contributed by atoms with Crippen LogP contribution in [0.1, 0.15) is 20.7 Å². The molecular weight excluding hydrogens is 348 g/mol. The molecule has 0 spiro atoms. The molecule has 0 aliphatic carbocycles. The van der Waals surface area contributed by atoms with Crippen molar-refractivity contribution in [3.05, 3.63) is 74.9 Å². The number of nitrogens with one attached hydrogen (secondary N) is 1. The Balaban J connectivity index is 1.78. The zero-order chi connectivity index (χ0) is 18.0. The van der Waals surface area contributed by atoms with Crippen LogP contribution in [0.15, 0.2) is 48.7 Å². The van der Waals surface area contributed by atoms with Gasteiger partial charge in [0.1, 0.15) is 5.56 Å². The Labute approximate surface area is 146 Å². The molecule has 1 aromatic heterocycles. The first-order valence-electron chi connectivity index (χ1n) is 7.18. The molecule has 1 heterocycles. The lowest BCUT2D eigenvalue weighted by Crippen LogP contribution is -2.15. The van der Waals surface area contributed by atoms with Crippen molar-refractivity contribution in [2.45, 2.75) is 0 Å². The van der Waals surface area contributed by atoms with Gasteiger partial charge in [-0.05, 0) is 18.2 Å². The van der Waals surface area contributed by atoms with E-state index in [2.05, 4.69) is 4.98 Å². The first kappa shape index (κ1) is 16.7. The molecule has 0 bridgehead atoms.